The van der Waals surface area contributed by atoms with Crippen molar-refractivity contribution in [3.05, 3.63) is 29.6 Å². The first-order valence-electron chi connectivity index (χ1n) is 7.18. The molecule has 0 spiro atoms. The number of amides is 1. The summed E-state index contributed by atoms with van der Waals surface area (Å²) in [5, 5.41) is 0. The fraction of sp³-hybridized carbons (Fsp3) is 0.467. The van der Waals surface area contributed by atoms with Crippen LogP contribution in [0.25, 0.3) is 11.0 Å². The molecule has 0 N–H and O–H groups in total. The van der Waals surface area contributed by atoms with Crippen molar-refractivity contribution in [3.8, 4) is 0 Å². The summed E-state index contributed by atoms with van der Waals surface area (Å²) in [5.74, 6) is -1.69. The van der Waals surface area contributed by atoms with E-state index in [2.05, 4.69) is 4.98 Å². The van der Waals surface area contributed by atoms with E-state index in [0.717, 1.165) is 18.6 Å². The lowest BCUT2D eigenvalue weighted by Gasteiger charge is -2.23. The first-order chi connectivity index (χ1) is 10.5. The SMILES string of the molecule is Cc1nc2cc(F)c(F)cc2n1CC(=O)N1CCCC1CF. The number of aryl methyl sites for hydroxylation is 1. The third-order valence-corrected chi connectivity index (χ3v) is 4.15. The monoisotopic (exact) mass is 311 g/mol. The van der Waals surface area contributed by atoms with Crippen molar-refractivity contribution in [1.29, 1.82) is 0 Å². The molecule has 7 heteroatoms. The number of carbonyl (C=O) groups is 1. The van der Waals surface area contributed by atoms with Gasteiger partial charge in [-0.05, 0) is 19.8 Å². The summed E-state index contributed by atoms with van der Waals surface area (Å²) in [6, 6.07) is 1.67. The molecule has 1 aliphatic heterocycles. The second-order valence-electron chi connectivity index (χ2n) is 5.54. The number of rotatable bonds is 3. The van der Waals surface area contributed by atoms with Gasteiger partial charge in [-0.25, -0.2) is 18.2 Å². The first-order valence-corrected chi connectivity index (χ1v) is 7.18. The highest BCUT2D eigenvalue weighted by Gasteiger charge is 2.29. The Morgan fingerprint density at radius 1 is 1.36 bits per heavy atom. The van der Waals surface area contributed by atoms with Crippen LogP contribution in [0, 0.1) is 18.6 Å². The van der Waals surface area contributed by atoms with E-state index in [4.69, 9.17) is 0 Å². The van der Waals surface area contributed by atoms with Gasteiger partial charge in [0.05, 0.1) is 17.1 Å². The Hall–Kier alpha value is -2.05. The van der Waals surface area contributed by atoms with Crippen LogP contribution in [0.3, 0.4) is 0 Å². The van der Waals surface area contributed by atoms with Gasteiger partial charge in [0.25, 0.3) is 0 Å². The highest BCUT2D eigenvalue weighted by Crippen LogP contribution is 2.22. The first kappa shape index (κ1) is 14.9. The summed E-state index contributed by atoms with van der Waals surface area (Å²) in [6.45, 7) is 1.58. The smallest absolute Gasteiger partial charge is 0.242 e. The van der Waals surface area contributed by atoms with Crippen LogP contribution in [0.4, 0.5) is 13.2 Å². The molecule has 1 fully saturated rings. The molecule has 1 saturated heterocycles. The molecule has 0 saturated carbocycles. The summed E-state index contributed by atoms with van der Waals surface area (Å²) in [5.41, 5.74) is 0.661. The number of hydrogen-bond donors (Lipinski definition) is 0. The van der Waals surface area contributed by atoms with Crippen LogP contribution < -0.4 is 0 Å². The second-order valence-corrected chi connectivity index (χ2v) is 5.54. The zero-order valence-corrected chi connectivity index (χ0v) is 12.2. The number of aromatic nitrogens is 2. The van der Waals surface area contributed by atoms with Gasteiger partial charge < -0.3 is 9.47 Å². The molecule has 118 valence electrons. The Bertz CT molecular complexity index is 728. The summed E-state index contributed by atoms with van der Waals surface area (Å²) in [7, 11) is 0. The zero-order chi connectivity index (χ0) is 15.9. The van der Waals surface area contributed by atoms with Crippen LogP contribution in [0.2, 0.25) is 0 Å². The highest BCUT2D eigenvalue weighted by atomic mass is 19.2. The molecule has 1 unspecified atom stereocenters. The number of benzene rings is 1. The van der Waals surface area contributed by atoms with E-state index < -0.39 is 18.3 Å². The number of halogens is 3. The van der Waals surface area contributed by atoms with Gasteiger partial charge in [0.2, 0.25) is 5.91 Å². The highest BCUT2D eigenvalue weighted by molar-refractivity contribution is 5.81. The molecule has 1 aromatic heterocycles. The molecule has 2 aromatic rings. The van der Waals surface area contributed by atoms with Crippen molar-refractivity contribution in [3.63, 3.8) is 0 Å². The van der Waals surface area contributed by atoms with Gasteiger partial charge >= 0.3 is 0 Å². The fourth-order valence-electron chi connectivity index (χ4n) is 2.99. The molecule has 4 nitrogen and oxygen atoms in total. The lowest BCUT2D eigenvalue weighted by Crippen LogP contribution is -2.39. The van der Waals surface area contributed by atoms with Gasteiger partial charge in [0.15, 0.2) is 11.6 Å². The van der Waals surface area contributed by atoms with Crippen molar-refractivity contribution in [1.82, 2.24) is 14.5 Å². The summed E-state index contributed by atoms with van der Waals surface area (Å²) in [6.07, 6.45) is 1.44. The normalized spacial score (nSPS) is 18.4. The van der Waals surface area contributed by atoms with E-state index in [-0.39, 0.29) is 18.5 Å². The minimum Gasteiger partial charge on any atom is -0.336 e. The number of likely N-dealkylation sites (tertiary alicyclic amines) is 1. The molecule has 1 aromatic carbocycles. The van der Waals surface area contributed by atoms with Crippen molar-refractivity contribution in [2.45, 2.75) is 32.4 Å². The number of alkyl halides is 1. The van der Waals surface area contributed by atoms with Gasteiger partial charge in [0.1, 0.15) is 19.0 Å². The molecular formula is C15H16F3N3O. The van der Waals surface area contributed by atoms with Crippen LogP contribution >= 0.6 is 0 Å². The minimum absolute atomic E-state index is 0.0517. The largest absolute Gasteiger partial charge is 0.336 e. The molecule has 0 aliphatic carbocycles. The number of carbonyl (C=O) groups excluding carboxylic acids is 1. The van der Waals surface area contributed by atoms with Crippen LogP contribution in [0.15, 0.2) is 12.1 Å². The van der Waals surface area contributed by atoms with Crippen molar-refractivity contribution >= 4 is 16.9 Å². The van der Waals surface area contributed by atoms with Crippen molar-refractivity contribution in [2.24, 2.45) is 0 Å². The number of nitrogens with zero attached hydrogens (tertiary/aromatic N) is 3. The maximum Gasteiger partial charge on any atom is 0.242 e. The van der Waals surface area contributed by atoms with E-state index >= 15 is 0 Å². The van der Waals surface area contributed by atoms with E-state index in [0.29, 0.717) is 29.8 Å². The average molecular weight is 311 g/mol. The van der Waals surface area contributed by atoms with E-state index in [1.807, 2.05) is 0 Å². The molecule has 2 heterocycles. The van der Waals surface area contributed by atoms with E-state index in [9.17, 15) is 18.0 Å². The fourth-order valence-corrected chi connectivity index (χ4v) is 2.99. The third kappa shape index (κ3) is 2.44. The van der Waals surface area contributed by atoms with Crippen LogP contribution in [-0.2, 0) is 11.3 Å². The molecule has 3 rings (SSSR count). The zero-order valence-electron chi connectivity index (χ0n) is 12.2. The molecule has 0 radical (unpaired) electrons. The minimum atomic E-state index is -0.982. The van der Waals surface area contributed by atoms with Gasteiger partial charge in [0, 0.05) is 18.7 Å². The molecule has 1 aliphatic rings. The number of fused-ring (bicyclic) bond motifs is 1. The lowest BCUT2D eigenvalue weighted by molar-refractivity contribution is -0.132. The van der Waals surface area contributed by atoms with Crippen molar-refractivity contribution < 1.29 is 18.0 Å². The van der Waals surface area contributed by atoms with Gasteiger partial charge in [-0.15, -0.1) is 0 Å². The Kier molecular flexibility index (Phi) is 3.80. The quantitative estimate of drug-likeness (QED) is 0.874. The summed E-state index contributed by atoms with van der Waals surface area (Å²) in [4.78, 5) is 18.0. The van der Waals surface area contributed by atoms with E-state index in [1.54, 1.807) is 6.92 Å². The Morgan fingerprint density at radius 3 is 2.82 bits per heavy atom. The van der Waals surface area contributed by atoms with Gasteiger partial charge in [-0.1, -0.05) is 0 Å². The maximum absolute atomic E-state index is 13.4. The summed E-state index contributed by atoms with van der Waals surface area (Å²) >= 11 is 0. The molecule has 1 atom stereocenters. The predicted molar refractivity (Wildman–Crippen MR) is 75.1 cm³/mol. The number of imidazole rings is 1. The van der Waals surface area contributed by atoms with Crippen LogP contribution in [0.1, 0.15) is 18.7 Å². The topological polar surface area (TPSA) is 38.1 Å². The Morgan fingerprint density at radius 2 is 2.09 bits per heavy atom. The Labute approximate surface area is 125 Å². The van der Waals surface area contributed by atoms with Gasteiger partial charge in [-0.3, -0.25) is 4.79 Å². The molecule has 22 heavy (non-hydrogen) atoms. The summed E-state index contributed by atoms with van der Waals surface area (Å²) < 4.78 is 41.1. The van der Waals surface area contributed by atoms with Crippen LogP contribution in [-0.4, -0.2) is 39.6 Å². The van der Waals surface area contributed by atoms with Crippen LogP contribution in [0.5, 0.6) is 0 Å². The number of hydrogen-bond acceptors (Lipinski definition) is 2. The third-order valence-electron chi connectivity index (χ3n) is 4.15. The average Bonchev–Trinajstić information content (AvgIpc) is 3.06. The molecule has 1 amide bonds. The van der Waals surface area contributed by atoms with E-state index in [1.165, 1.54) is 9.47 Å². The molecular weight excluding hydrogens is 295 g/mol. The predicted octanol–water partition coefficient (Wildman–Crippen LogP) is 2.58. The van der Waals surface area contributed by atoms with Gasteiger partial charge in [-0.2, -0.15) is 0 Å². The van der Waals surface area contributed by atoms with Crippen molar-refractivity contribution in [2.75, 3.05) is 13.2 Å². The molecule has 0 bridgehead atoms. The maximum atomic E-state index is 13.4. The standard InChI is InChI=1S/C15H16F3N3O/c1-9-19-13-5-11(17)12(18)6-14(13)21(9)8-15(22)20-4-2-3-10(20)7-16/h5-6,10H,2-4,7-8H2,1H3. The lowest BCUT2D eigenvalue weighted by atomic mass is 10.2. The Balaban J connectivity index is 1.92. The second kappa shape index (κ2) is 5.62.